The third-order valence-electron chi connectivity index (χ3n) is 6.80. The van der Waals surface area contributed by atoms with E-state index in [1.165, 1.54) is 10.5 Å². The van der Waals surface area contributed by atoms with Gasteiger partial charge in [0.15, 0.2) is 0 Å². The molecule has 2 amide bonds. The van der Waals surface area contributed by atoms with Crippen molar-refractivity contribution < 1.29 is 9.59 Å². The largest absolute Gasteiger partial charge is 0.368 e. The summed E-state index contributed by atoms with van der Waals surface area (Å²) in [7, 11) is 0. The fraction of sp³-hybridized carbons (Fsp3) is 0.321. The number of benzene rings is 2. The van der Waals surface area contributed by atoms with Gasteiger partial charge in [0, 0.05) is 45.0 Å². The van der Waals surface area contributed by atoms with Crippen LogP contribution in [-0.4, -0.2) is 70.7 Å². The van der Waals surface area contributed by atoms with E-state index in [0.717, 1.165) is 49.8 Å². The monoisotopic (exact) mass is 469 g/mol. The second-order valence-corrected chi connectivity index (χ2v) is 9.21. The fourth-order valence-electron chi connectivity index (χ4n) is 4.95. The number of carbonyl (C=O) groups is 2. The lowest BCUT2D eigenvalue weighted by Gasteiger charge is -2.36. The standard InChI is InChI=1S/C28H31N5O2/c1-21-20-22(2)33(29-21)19-18-32-27(34)24-11-6-12-25(26(24)28(32)35)31-16-14-30(15-17-31)13-7-10-23-8-4-3-5-9-23/h3-12,20H,13-19H2,1-2H3/b10-7+. The summed E-state index contributed by atoms with van der Waals surface area (Å²) >= 11 is 0. The number of carbonyl (C=O) groups excluding carboxylic acids is 2. The summed E-state index contributed by atoms with van der Waals surface area (Å²) < 4.78 is 1.85. The molecule has 0 bridgehead atoms. The number of imide groups is 1. The van der Waals surface area contributed by atoms with Crippen molar-refractivity contribution in [2.45, 2.75) is 20.4 Å². The van der Waals surface area contributed by atoms with Gasteiger partial charge in [0.1, 0.15) is 0 Å². The van der Waals surface area contributed by atoms with E-state index in [4.69, 9.17) is 0 Å². The van der Waals surface area contributed by atoms with Gasteiger partial charge in [0.05, 0.1) is 29.1 Å². The number of hydrogen-bond acceptors (Lipinski definition) is 5. The quantitative estimate of drug-likeness (QED) is 0.495. The van der Waals surface area contributed by atoms with Crippen molar-refractivity contribution in [1.82, 2.24) is 19.6 Å². The lowest BCUT2D eigenvalue weighted by Crippen LogP contribution is -2.46. The zero-order valence-electron chi connectivity index (χ0n) is 20.4. The van der Waals surface area contributed by atoms with Gasteiger partial charge >= 0.3 is 0 Å². The van der Waals surface area contributed by atoms with Gasteiger partial charge in [-0.2, -0.15) is 5.10 Å². The summed E-state index contributed by atoms with van der Waals surface area (Å²) in [5, 5.41) is 4.46. The third-order valence-corrected chi connectivity index (χ3v) is 6.80. The molecule has 0 saturated carbocycles. The van der Waals surface area contributed by atoms with E-state index >= 15 is 0 Å². The Hall–Kier alpha value is -3.71. The number of anilines is 1. The predicted molar refractivity (Wildman–Crippen MR) is 138 cm³/mol. The summed E-state index contributed by atoms with van der Waals surface area (Å²) in [5.74, 6) is -0.409. The lowest BCUT2D eigenvalue weighted by molar-refractivity contribution is 0.0647. The van der Waals surface area contributed by atoms with Crippen molar-refractivity contribution in [3.8, 4) is 0 Å². The van der Waals surface area contributed by atoms with Crippen molar-refractivity contribution in [2.24, 2.45) is 0 Å². The highest BCUT2D eigenvalue weighted by Gasteiger charge is 2.38. The molecule has 5 rings (SSSR count). The maximum absolute atomic E-state index is 13.4. The van der Waals surface area contributed by atoms with Gasteiger partial charge in [0.2, 0.25) is 0 Å². The minimum absolute atomic E-state index is 0.199. The van der Waals surface area contributed by atoms with Crippen LogP contribution in [0.5, 0.6) is 0 Å². The van der Waals surface area contributed by atoms with Crippen molar-refractivity contribution in [3.63, 3.8) is 0 Å². The van der Waals surface area contributed by atoms with Gasteiger partial charge in [-0.25, -0.2) is 0 Å². The maximum Gasteiger partial charge on any atom is 0.263 e. The Kier molecular flexibility index (Phi) is 6.51. The van der Waals surface area contributed by atoms with Crippen molar-refractivity contribution >= 4 is 23.6 Å². The Morgan fingerprint density at radius 1 is 0.886 bits per heavy atom. The normalized spacial score (nSPS) is 16.5. The number of amides is 2. The predicted octanol–water partition coefficient (Wildman–Crippen LogP) is 3.63. The van der Waals surface area contributed by atoms with Crippen LogP contribution in [0.15, 0.2) is 60.7 Å². The molecule has 180 valence electrons. The molecule has 2 aliphatic heterocycles. The van der Waals surface area contributed by atoms with Crippen molar-refractivity contribution in [3.05, 3.63) is 88.8 Å². The van der Waals surface area contributed by atoms with Gasteiger partial charge in [-0.05, 0) is 37.6 Å². The molecule has 3 heterocycles. The molecule has 1 aromatic heterocycles. The highest BCUT2D eigenvalue weighted by atomic mass is 16.2. The molecule has 3 aromatic rings. The molecule has 0 aliphatic carbocycles. The number of hydrogen-bond donors (Lipinski definition) is 0. The van der Waals surface area contributed by atoms with E-state index in [1.54, 1.807) is 6.07 Å². The molecule has 2 aromatic carbocycles. The number of nitrogens with zero attached hydrogens (tertiary/aromatic N) is 5. The minimum atomic E-state index is -0.210. The minimum Gasteiger partial charge on any atom is -0.368 e. The van der Waals surface area contributed by atoms with E-state index < -0.39 is 0 Å². The van der Waals surface area contributed by atoms with Crippen LogP contribution in [0, 0.1) is 13.8 Å². The Bertz CT molecular complexity index is 1260. The highest BCUT2D eigenvalue weighted by Crippen LogP contribution is 2.32. The maximum atomic E-state index is 13.4. The first kappa shape index (κ1) is 23.1. The summed E-state index contributed by atoms with van der Waals surface area (Å²) in [6, 6.07) is 17.9. The van der Waals surface area contributed by atoms with Gasteiger partial charge in [-0.3, -0.25) is 24.1 Å². The zero-order chi connectivity index (χ0) is 24.4. The molecule has 0 unspecified atom stereocenters. The third kappa shape index (κ3) is 4.77. The van der Waals surface area contributed by atoms with Gasteiger partial charge in [-0.15, -0.1) is 0 Å². The SMILES string of the molecule is Cc1cc(C)n(CCN2C(=O)c3cccc(N4CCN(C/C=C/c5ccccc5)CC4)c3C2=O)n1. The summed E-state index contributed by atoms with van der Waals surface area (Å²) in [4.78, 5) is 32.5. The van der Waals surface area contributed by atoms with E-state index in [-0.39, 0.29) is 11.8 Å². The molecular weight excluding hydrogens is 438 g/mol. The Morgan fingerprint density at radius 3 is 2.37 bits per heavy atom. The molecule has 1 fully saturated rings. The average molecular weight is 470 g/mol. The van der Waals surface area contributed by atoms with Gasteiger partial charge in [0.25, 0.3) is 11.8 Å². The molecule has 0 atom stereocenters. The van der Waals surface area contributed by atoms with Gasteiger partial charge < -0.3 is 4.90 Å². The highest BCUT2D eigenvalue weighted by molar-refractivity contribution is 6.23. The summed E-state index contributed by atoms with van der Waals surface area (Å²) in [5.41, 5.74) is 5.08. The second-order valence-electron chi connectivity index (χ2n) is 9.21. The second kappa shape index (κ2) is 9.88. The number of piperazine rings is 1. The Morgan fingerprint density at radius 2 is 1.66 bits per heavy atom. The molecule has 7 nitrogen and oxygen atoms in total. The van der Waals surface area contributed by atoms with E-state index in [9.17, 15) is 9.59 Å². The topological polar surface area (TPSA) is 61.7 Å². The molecular formula is C28H31N5O2. The van der Waals surface area contributed by atoms with Crippen LogP contribution >= 0.6 is 0 Å². The molecule has 0 spiro atoms. The van der Waals surface area contributed by atoms with Crippen LogP contribution in [0.2, 0.25) is 0 Å². The summed E-state index contributed by atoms with van der Waals surface area (Å²) in [6.07, 6.45) is 4.36. The van der Waals surface area contributed by atoms with Crippen LogP contribution in [-0.2, 0) is 6.54 Å². The molecule has 7 heteroatoms. The van der Waals surface area contributed by atoms with E-state index in [2.05, 4.69) is 39.2 Å². The van der Waals surface area contributed by atoms with Crippen LogP contribution in [0.25, 0.3) is 6.08 Å². The first-order valence-corrected chi connectivity index (χ1v) is 12.2. The molecule has 1 saturated heterocycles. The first-order chi connectivity index (χ1) is 17.0. The smallest absolute Gasteiger partial charge is 0.263 e. The number of rotatable bonds is 7. The number of fused-ring (bicyclic) bond motifs is 1. The van der Waals surface area contributed by atoms with Crippen molar-refractivity contribution in [1.29, 1.82) is 0 Å². The van der Waals surface area contributed by atoms with Crippen LogP contribution < -0.4 is 4.90 Å². The Labute approximate surface area is 206 Å². The molecule has 0 radical (unpaired) electrons. The summed E-state index contributed by atoms with van der Waals surface area (Å²) in [6.45, 7) is 9.09. The lowest BCUT2D eigenvalue weighted by atomic mass is 10.1. The molecule has 2 aliphatic rings. The Balaban J connectivity index is 1.23. The zero-order valence-corrected chi connectivity index (χ0v) is 20.4. The molecule has 0 N–H and O–H groups in total. The van der Waals surface area contributed by atoms with E-state index in [1.807, 2.05) is 54.9 Å². The van der Waals surface area contributed by atoms with Crippen LogP contribution in [0.1, 0.15) is 37.7 Å². The van der Waals surface area contributed by atoms with E-state index in [0.29, 0.717) is 24.2 Å². The number of aromatic nitrogens is 2. The van der Waals surface area contributed by atoms with Gasteiger partial charge in [-0.1, -0.05) is 48.6 Å². The molecule has 35 heavy (non-hydrogen) atoms. The average Bonchev–Trinajstić information content (AvgIpc) is 3.33. The van der Waals surface area contributed by atoms with Crippen molar-refractivity contribution in [2.75, 3.05) is 44.2 Å². The first-order valence-electron chi connectivity index (χ1n) is 12.2. The number of aryl methyl sites for hydroxylation is 2. The van der Waals surface area contributed by atoms with Crippen LogP contribution in [0.3, 0.4) is 0 Å². The van der Waals surface area contributed by atoms with Crippen LogP contribution in [0.4, 0.5) is 5.69 Å². The fourth-order valence-corrected chi connectivity index (χ4v) is 4.95.